The van der Waals surface area contributed by atoms with Gasteiger partial charge in [-0.05, 0) is 31.5 Å². The molecule has 1 aromatic carbocycles. The van der Waals surface area contributed by atoms with Gasteiger partial charge in [-0.1, -0.05) is 27.2 Å². The maximum Gasteiger partial charge on any atom is 0.260 e. The van der Waals surface area contributed by atoms with E-state index >= 15 is 0 Å². The molecule has 5 heteroatoms. The Hall–Kier alpha value is -1.62. The molecule has 0 saturated heterocycles. The molecule has 0 saturated carbocycles. The number of amides is 1. The van der Waals surface area contributed by atoms with Gasteiger partial charge >= 0.3 is 0 Å². The summed E-state index contributed by atoms with van der Waals surface area (Å²) >= 11 is 3.42. The maximum absolute atomic E-state index is 11.9. The van der Waals surface area contributed by atoms with Crippen molar-refractivity contribution in [1.29, 1.82) is 0 Å². The predicted molar refractivity (Wildman–Crippen MR) is 68.1 cm³/mol. The topological polar surface area (TPSA) is 55.1 Å². The summed E-state index contributed by atoms with van der Waals surface area (Å²) in [4.78, 5) is 11.9. The number of carbonyl (C=O) groups is 1. The third-order valence-electron chi connectivity index (χ3n) is 2.43. The smallest absolute Gasteiger partial charge is 0.260 e. The minimum absolute atomic E-state index is 0.223. The fourth-order valence-electron chi connectivity index (χ4n) is 1.39. The molecule has 0 fully saturated rings. The Balaban J connectivity index is 2.19. The van der Waals surface area contributed by atoms with Crippen molar-refractivity contribution in [3.05, 3.63) is 45.8 Å². The second-order valence-electron chi connectivity index (χ2n) is 3.71. The molecule has 0 radical (unpaired) electrons. The van der Waals surface area contributed by atoms with E-state index in [1.807, 2.05) is 25.1 Å². The average molecular weight is 295 g/mol. The van der Waals surface area contributed by atoms with Crippen LogP contribution >= 0.6 is 15.9 Å². The first-order valence-corrected chi connectivity index (χ1v) is 5.86. The molecule has 1 amide bonds. The molecule has 0 aliphatic carbocycles. The fraction of sp³-hybridized carbons (Fsp3) is 0.167. The standard InChI is InChI=1S/C12H11BrN2O2/c1-7-3-4-9(5-11(7)13)15-12(16)10-6-14-17-8(10)2/h3-6H,1-2H3,(H,15,16). The molecule has 0 atom stereocenters. The zero-order valence-corrected chi connectivity index (χ0v) is 11.0. The van der Waals surface area contributed by atoms with Crippen LogP contribution in [0.5, 0.6) is 0 Å². The number of hydrogen-bond donors (Lipinski definition) is 1. The van der Waals surface area contributed by atoms with Gasteiger partial charge in [0.15, 0.2) is 0 Å². The van der Waals surface area contributed by atoms with Gasteiger partial charge in [0, 0.05) is 10.2 Å². The lowest BCUT2D eigenvalue weighted by Gasteiger charge is -2.05. The lowest BCUT2D eigenvalue weighted by Crippen LogP contribution is -2.12. The van der Waals surface area contributed by atoms with Crippen LogP contribution in [0.15, 0.2) is 33.4 Å². The van der Waals surface area contributed by atoms with Gasteiger partial charge in [0.25, 0.3) is 5.91 Å². The number of carbonyl (C=O) groups excluding carboxylic acids is 1. The van der Waals surface area contributed by atoms with Crippen molar-refractivity contribution < 1.29 is 9.32 Å². The number of rotatable bonds is 2. The van der Waals surface area contributed by atoms with Crippen molar-refractivity contribution in [3.8, 4) is 0 Å². The summed E-state index contributed by atoms with van der Waals surface area (Å²) in [7, 11) is 0. The molecule has 1 N–H and O–H groups in total. The van der Waals surface area contributed by atoms with E-state index in [1.165, 1.54) is 6.20 Å². The van der Waals surface area contributed by atoms with E-state index in [1.54, 1.807) is 6.92 Å². The summed E-state index contributed by atoms with van der Waals surface area (Å²) < 4.78 is 5.80. The van der Waals surface area contributed by atoms with Crippen LogP contribution in [0.2, 0.25) is 0 Å². The van der Waals surface area contributed by atoms with Gasteiger partial charge in [-0.25, -0.2) is 0 Å². The number of nitrogens with zero attached hydrogens (tertiary/aromatic N) is 1. The number of aryl methyl sites for hydroxylation is 2. The summed E-state index contributed by atoms with van der Waals surface area (Å²) in [6, 6.07) is 5.64. The van der Waals surface area contributed by atoms with E-state index < -0.39 is 0 Å². The molecule has 1 aromatic heterocycles. The molecular formula is C12H11BrN2O2. The van der Waals surface area contributed by atoms with Crippen LogP contribution in [0.4, 0.5) is 5.69 Å². The van der Waals surface area contributed by atoms with E-state index in [0.717, 1.165) is 15.7 Å². The minimum Gasteiger partial charge on any atom is -0.361 e. The van der Waals surface area contributed by atoms with Crippen molar-refractivity contribution in [2.45, 2.75) is 13.8 Å². The van der Waals surface area contributed by atoms with Gasteiger partial charge in [0.05, 0.1) is 6.20 Å². The van der Waals surface area contributed by atoms with Crippen molar-refractivity contribution in [2.24, 2.45) is 0 Å². The Kier molecular flexibility index (Phi) is 3.28. The van der Waals surface area contributed by atoms with Crippen LogP contribution in [-0.2, 0) is 0 Å². The minimum atomic E-state index is -0.223. The SMILES string of the molecule is Cc1ccc(NC(=O)c2cnoc2C)cc1Br. The summed E-state index contributed by atoms with van der Waals surface area (Å²) in [6.07, 6.45) is 1.41. The summed E-state index contributed by atoms with van der Waals surface area (Å²) in [5, 5.41) is 6.36. The van der Waals surface area contributed by atoms with Gasteiger partial charge < -0.3 is 9.84 Å². The highest BCUT2D eigenvalue weighted by atomic mass is 79.9. The molecule has 2 rings (SSSR count). The molecule has 0 spiro atoms. The normalized spacial score (nSPS) is 10.3. The lowest BCUT2D eigenvalue weighted by atomic mass is 10.2. The van der Waals surface area contributed by atoms with E-state index in [4.69, 9.17) is 4.52 Å². The van der Waals surface area contributed by atoms with E-state index in [9.17, 15) is 4.79 Å². The molecule has 1 heterocycles. The third kappa shape index (κ3) is 2.55. The van der Waals surface area contributed by atoms with Crippen LogP contribution < -0.4 is 5.32 Å². The molecule has 0 aliphatic rings. The van der Waals surface area contributed by atoms with E-state index in [2.05, 4.69) is 26.4 Å². The first kappa shape index (κ1) is 11.9. The second-order valence-corrected chi connectivity index (χ2v) is 4.57. The van der Waals surface area contributed by atoms with E-state index in [0.29, 0.717) is 11.3 Å². The highest BCUT2D eigenvalue weighted by molar-refractivity contribution is 9.10. The molecule has 17 heavy (non-hydrogen) atoms. The number of halogens is 1. The summed E-state index contributed by atoms with van der Waals surface area (Å²) in [5.74, 6) is 0.285. The first-order chi connectivity index (χ1) is 8.08. The molecule has 0 bridgehead atoms. The molecule has 0 aliphatic heterocycles. The molecule has 2 aromatic rings. The van der Waals surface area contributed by atoms with Crippen LogP contribution in [0.25, 0.3) is 0 Å². The Morgan fingerprint density at radius 1 is 1.41 bits per heavy atom. The van der Waals surface area contributed by atoms with Crippen molar-refractivity contribution in [3.63, 3.8) is 0 Å². The Labute approximate surface area is 107 Å². The number of hydrogen-bond acceptors (Lipinski definition) is 3. The van der Waals surface area contributed by atoms with Gasteiger partial charge in [-0.3, -0.25) is 4.79 Å². The van der Waals surface area contributed by atoms with Crippen molar-refractivity contribution in [2.75, 3.05) is 5.32 Å². The maximum atomic E-state index is 11.9. The van der Waals surface area contributed by atoms with Gasteiger partial charge in [0.1, 0.15) is 11.3 Å². The highest BCUT2D eigenvalue weighted by Crippen LogP contribution is 2.21. The number of benzene rings is 1. The monoisotopic (exact) mass is 294 g/mol. The third-order valence-corrected chi connectivity index (χ3v) is 3.28. The highest BCUT2D eigenvalue weighted by Gasteiger charge is 2.13. The largest absolute Gasteiger partial charge is 0.361 e. The number of nitrogens with one attached hydrogen (secondary N) is 1. The quantitative estimate of drug-likeness (QED) is 0.924. The van der Waals surface area contributed by atoms with Crippen molar-refractivity contribution >= 4 is 27.5 Å². The van der Waals surface area contributed by atoms with Gasteiger partial charge in [-0.2, -0.15) is 0 Å². The molecule has 4 nitrogen and oxygen atoms in total. The zero-order valence-electron chi connectivity index (χ0n) is 9.45. The molecule has 0 unspecified atom stereocenters. The summed E-state index contributed by atoms with van der Waals surface area (Å²) in [5.41, 5.74) is 2.29. The van der Waals surface area contributed by atoms with Crippen molar-refractivity contribution in [1.82, 2.24) is 5.16 Å². The Morgan fingerprint density at radius 2 is 2.18 bits per heavy atom. The first-order valence-electron chi connectivity index (χ1n) is 5.06. The summed E-state index contributed by atoms with van der Waals surface area (Å²) in [6.45, 7) is 3.69. The second kappa shape index (κ2) is 4.71. The van der Waals surface area contributed by atoms with Crippen LogP contribution in [0.3, 0.4) is 0 Å². The van der Waals surface area contributed by atoms with Gasteiger partial charge in [-0.15, -0.1) is 0 Å². The average Bonchev–Trinajstić information content (AvgIpc) is 2.70. The lowest BCUT2D eigenvalue weighted by molar-refractivity contribution is 0.102. The fourth-order valence-corrected chi connectivity index (χ4v) is 1.76. The van der Waals surface area contributed by atoms with Crippen LogP contribution in [0.1, 0.15) is 21.7 Å². The zero-order chi connectivity index (χ0) is 12.4. The molecule has 88 valence electrons. The van der Waals surface area contributed by atoms with Gasteiger partial charge in [0.2, 0.25) is 0 Å². The van der Waals surface area contributed by atoms with Crippen LogP contribution in [-0.4, -0.2) is 11.1 Å². The molecular weight excluding hydrogens is 284 g/mol. The van der Waals surface area contributed by atoms with E-state index in [-0.39, 0.29) is 5.91 Å². The number of aromatic nitrogens is 1. The number of anilines is 1. The Morgan fingerprint density at radius 3 is 2.76 bits per heavy atom. The van der Waals surface area contributed by atoms with Crippen LogP contribution in [0, 0.1) is 13.8 Å². The Bertz CT molecular complexity index is 563. The predicted octanol–water partition coefficient (Wildman–Crippen LogP) is 3.31.